The number of rotatable bonds is 9. The molecule has 0 spiro atoms. The van der Waals surface area contributed by atoms with Crippen molar-refractivity contribution in [2.45, 2.75) is 78.6 Å². The van der Waals surface area contributed by atoms with Gasteiger partial charge in [0, 0.05) is 0 Å². The Hall–Kier alpha value is 0. The lowest BCUT2D eigenvalue weighted by Gasteiger charge is -2.17. The highest BCUT2D eigenvalue weighted by atomic mass is 14.3. The fourth-order valence-electron chi connectivity index (χ4n) is 2.46. The van der Waals surface area contributed by atoms with E-state index < -0.39 is 0 Å². The van der Waals surface area contributed by atoms with Gasteiger partial charge >= 0.3 is 0 Å². The topological polar surface area (TPSA) is 0 Å². The van der Waals surface area contributed by atoms with Crippen molar-refractivity contribution in [1.29, 1.82) is 0 Å². The van der Waals surface area contributed by atoms with Gasteiger partial charge in [-0.05, 0) is 24.2 Å². The SMILES string of the molecule is CCCCCC(CCC(C)C)CC1CC1. The average Bonchev–Trinajstić information content (AvgIpc) is 2.98. The van der Waals surface area contributed by atoms with Crippen molar-refractivity contribution in [3.05, 3.63) is 0 Å². The maximum Gasteiger partial charge on any atom is -0.0411 e. The first kappa shape index (κ1) is 13.1. The summed E-state index contributed by atoms with van der Waals surface area (Å²) in [5, 5.41) is 0. The molecule has 0 bridgehead atoms. The van der Waals surface area contributed by atoms with E-state index in [0.717, 1.165) is 17.8 Å². The van der Waals surface area contributed by atoms with Crippen LogP contribution >= 0.6 is 0 Å². The van der Waals surface area contributed by atoms with Crippen LogP contribution in [0.3, 0.4) is 0 Å². The van der Waals surface area contributed by atoms with Crippen LogP contribution in [-0.2, 0) is 0 Å². The van der Waals surface area contributed by atoms with E-state index in [1.807, 2.05) is 0 Å². The zero-order valence-electron chi connectivity index (χ0n) is 11.1. The van der Waals surface area contributed by atoms with Crippen molar-refractivity contribution < 1.29 is 0 Å². The van der Waals surface area contributed by atoms with Crippen molar-refractivity contribution in [2.24, 2.45) is 17.8 Å². The lowest BCUT2D eigenvalue weighted by Crippen LogP contribution is -2.04. The molecule has 0 N–H and O–H groups in total. The van der Waals surface area contributed by atoms with E-state index in [0.29, 0.717) is 0 Å². The molecule has 0 saturated heterocycles. The first-order chi connectivity index (χ1) is 7.22. The summed E-state index contributed by atoms with van der Waals surface area (Å²) < 4.78 is 0. The Labute approximate surface area is 96.8 Å². The van der Waals surface area contributed by atoms with Crippen LogP contribution < -0.4 is 0 Å². The van der Waals surface area contributed by atoms with Crippen LogP contribution in [0.1, 0.15) is 78.6 Å². The lowest BCUT2D eigenvalue weighted by atomic mass is 9.89. The minimum Gasteiger partial charge on any atom is -0.0654 e. The fourth-order valence-corrected chi connectivity index (χ4v) is 2.46. The van der Waals surface area contributed by atoms with E-state index >= 15 is 0 Å². The highest BCUT2D eigenvalue weighted by Crippen LogP contribution is 2.38. The molecule has 0 radical (unpaired) electrons. The van der Waals surface area contributed by atoms with Gasteiger partial charge in [0.15, 0.2) is 0 Å². The van der Waals surface area contributed by atoms with Gasteiger partial charge in [-0.3, -0.25) is 0 Å². The van der Waals surface area contributed by atoms with Crippen LogP contribution in [0.15, 0.2) is 0 Å². The molecule has 0 aliphatic heterocycles. The van der Waals surface area contributed by atoms with E-state index in [1.165, 1.54) is 51.4 Å². The zero-order chi connectivity index (χ0) is 11.1. The molecule has 0 nitrogen and oxygen atoms in total. The monoisotopic (exact) mass is 210 g/mol. The maximum absolute atomic E-state index is 2.36. The summed E-state index contributed by atoms with van der Waals surface area (Å²) in [4.78, 5) is 0. The Morgan fingerprint density at radius 1 is 1.00 bits per heavy atom. The van der Waals surface area contributed by atoms with Crippen LogP contribution in [0, 0.1) is 17.8 Å². The van der Waals surface area contributed by atoms with E-state index in [2.05, 4.69) is 20.8 Å². The Balaban J connectivity index is 2.11. The standard InChI is InChI=1S/C15H30/c1-4-5-6-7-14(9-8-13(2)3)12-15-10-11-15/h13-15H,4-12H2,1-3H3. The quantitative estimate of drug-likeness (QED) is 0.446. The van der Waals surface area contributed by atoms with Gasteiger partial charge in [0.05, 0.1) is 0 Å². The summed E-state index contributed by atoms with van der Waals surface area (Å²) in [6.45, 7) is 7.03. The third kappa shape index (κ3) is 6.98. The molecule has 90 valence electrons. The second-order valence-electron chi connectivity index (χ2n) is 6.01. The first-order valence-corrected chi connectivity index (χ1v) is 7.22. The Bertz CT molecular complexity index is 144. The maximum atomic E-state index is 2.36. The van der Waals surface area contributed by atoms with Crippen LogP contribution in [0.25, 0.3) is 0 Å². The Morgan fingerprint density at radius 2 is 1.73 bits per heavy atom. The highest BCUT2D eigenvalue weighted by molar-refractivity contribution is 4.77. The van der Waals surface area contributed by atoms with Gasteiger partial charge in [0.25, 0.3) is 0 Å². The van der Waals surface area contributed by atoms with E-state index in [4.69, 9.17) is 0 Å². The summed E-state index contributed by atoms with van der Waals surface area (Å²) in [5.41, 5.74) is 0. The van der Waals surface area contributed by atoms with Gasteiger partial charge in [-0.15, -0.1) is 0 Å². The van der Waals surface area contributed by atoms with E-state index in [1.54, 1.807) is 6.42 Å². The van der Waals surface area contributed by atoms with Crippen molar-refractivity contribution in [3.63, 3.8) is 0 Å². The summed E-state index contributed by atoms with van der Waals surface area (Å²) >= 11 is 0. The summed E-state index contributed by atoms with van der Waals surface area (Å²) in [5.74, 6) is 3.09. The largest absolute Gasteiger partial charge is 0.0654 e. The summed E-state index contributed by atoms with van der Waals surface area (Å²) in [7, 11) is 0. The molecule has 1 aliphatic rings. The van der Waals surface area contributed by atoms with Gasteiger partial charge in [0.1, 0.15) is 0 Å². The summed E-state index contributed by atoms with van der Waals surface area (Å²) in [6.07, 6.45) is 13.4. The van der Waals surface area contributed by atoms with Crippen LogP contribution in [0.4, 0.5) is 0 Å². The third-order valence-corrected chi connectivity index (χ3v) is 3.73. The molecule has 0 aromatic rings. The second kappa shape index (κ2) is 7.30. The second-order valence-corrected chi connectivity index (χ2v) is 6.01. The van der Waals surface area contributed by atoms with Gasteiger partial charge in [-0.1, -0.05) is 72.1 Å². The average molecular weight is 210 g/mol. The number of unbranched alkanes of at least 4 members (excludes halogenated alkanes) is 2. The molecule has 1 aliphatic carbocycles. The smallest absolute Gasteiger partial charge is 0.0411 e. The predicted molar refractivity (Wildman–Crippen MR) is 69.0 cm³/mol. The minimum absolute atomic E-state index is 0.901. The van der Waals surface area contributed by atoms with Gasteiger partial charge in [0.2, 0.25) is 0 Å². The van der Waals surface area contributed by atoms with Crippen molar-refractivity contribution >= 4 is 0 Å². The van der Waals surface area contributed by atoms with Crippen LogP contribution in [-0.4, -0.2) is 0 Å². The van der Waals surface area contributed by atoms with Crippen molar-refractivity contribution in [1.82, 2.24) is 0 Å². The molecule has 1 rings (SSSR count). The number of hydrogen-bond acceptors (Lipinski definition) is 0. The zero-order valence-corrected chi connectivity index (χ0v) is 11.1. The molecule has 1 saturated carbocycles. The van der Waals surface area contributed by atoms with E-state index in [-0.39, 0.29) is 0 Å². The molecule has 0 aromatic carbocycles. The fraction of sp³-hybridized carbons (Fsp3) is 1.00. The molecular formula is C15H30. The molecule has 0 aromatic heterocycles. The molecule has 1 unspecified atom stereocenters. The van der Waals surface area contributed by atoms with Gasteiger partial charge in [-0.25, -0.2) is 0 Å². The van der Waals surface area contributed by atoms with Crippen molar-refractivity contribution in [3.8, 4) is 0 Å². The minimum atomic E-state index is 0.901. The lowest BCUT2D eigenvalue weighted by molar-refractivity contribution is 0.352. The predicted octanol–water partition coefficient (Wildman–Crippen LogP) is 5.42. The Kier molecular flexibility index (Phi) is 6.36. The normalized spacial score (nSPS) is 18.4. The third-order valence-electron chi connectivity index (χ3n) is 3.73. The molecule has 0 heteroatoms. The molecule has 0 amide bonds. The molecule has 15 heavy (non-hydrogen) atoms. The molecule has 1 fully saturated rings. The number of hydrogen-bond donors (Lipinski definition) is 0. The van der Waals surface area contributed by atoms with Gasteiger partial charge in [-0.2, -0.15) is 0 Å². The molecular weight excluding hydrogens is 180 g/mol. The molecule has 1 atom stereocenters. The van der Waals surface area contributed by atoms with Crippen LogP contribution in [0.2, 0.25) is 0 Å². The van der Waals surface area contributed by atoms with Crippen LogP contribution in [0.5, 0.6) is 0 Å². The highest BCUT2D eigenvalue weighted by Gasteiger charge is 2.25. The van der Waals surface area contributed by atoms with E-state index in [9.17, 15) is 0 Å². The Morgan fingerprint density at radius 3 is 2.27 bits per heavy atom. The molecule has 0 heterocycles. The first-order valence-electron chi connectivity index (χ1n) is 7.22. The van der Waals surface area contributed by atoms with Gasteiger partial charge < -0.3 is 0 Å². The van der Waals surface area contributed by atoms with Crippen molar-refractivity contribution in [2.75, 3.05) is 0 Å². The summed E-state index contributed by atoms with van der Waals surface area (Å²) in [6, 6.07) is 0.